The number of hydrogen-bond donors (Lipinski definition) is 6. The Kier molecular flexibility index (Phi) is 5.89. The first kappa shape index (κ1) is 19.7. The van der Waals surface area contributed by atoms with E-state index in [-0.39, 0.29) is 18.6 Å². The predicted octanol–water partition coefficient (Wildman–Crippen LogP) is 0.880. The Morgan fingerprint density at radius 1 is 1.29 bits per heavy atom. The average molecular weight is 388 g/mol. The molecule has 3 aliphatic rings. The van der Waals surface area contributed by atoms with Crippen molar-refractivity contribution in [2.24, 2.45) is 0 Å². The molecular weight excluding hydrogens is 354 g/mol. The Hall–Kier alpha value is -1.64. The zero-order valence-electron chi connectivity index (χ0n) is 17.1. The number of β-amino-alcohol motifs (C(OH)–C–C–N with tert-alkyl or cyclic N) is 1. The van der Waals surface area contributed by atoms with Crippen LogP contribution in [0.25, 0.3) is 5.57 Å². The van der Waals surface area contributed by atoms with Crippen LogP contribution < -0.4 is 31.3 Å². The van der Waals surface area contributed by atoms with Gasteiger partial charge in [0.25, 0.3) is 0 Å². The van der Waals surface area contributed by atoms with Crippen LogP contribution in [0, 0.1) is 6.92 Å². The maximum absolute atomic E-state index is 10.3. The summed E-state index contributed by atoms with van der Waals surface area (Å²) < 4.78 is 6.02. The highest BCUT2D eigenvalue weighted by molar-refractivity contribution is 5.80. The van der Waals surface area contributed by atoms with Crippen molar-refractivity contribution in [2.75, 3.05) is 32.1 Å². The lowest BCUT2D eigenvalue weighted by atomic mass is 9.91. The summed E-state index contributed by atoms with van der Waals surface area (Å²) in [6.45, 7) is 6.47. The molecular formula is C21H33N5O2. The third-order valence-corrected chi connectivity index (χ3v) is 5.94. The van der Waals surface area contributed by atoms with Crippen LogP contribution >= 0.6 is 0 Å². The summed E-state index contributed by atoms with van der Waals surface area (Å²) in [5.74, 6) is 0.995. The quantitative estimate of drug-likeness (QED) is 0.457. The highest BCUT2D eigenvalue weighted by atomic mass is 16.5. The average Bonchev–Trinajstić information content (AvgIpc) is 3.01. The minimum Gasteiger partial charge on any atom is -0.492 e. The molecule has 1 aromatic rings. The van der Waals surface area contributed by atoms with E-state index in [1.165, 1.54) is 16.7 Å². The molecule has 154 valence electrons. The number of anilines is 1. The monoisotopic (exact) mass is 387 g/mol. The smallest absolute Gasteiger partial charge is 0.133 e. The molecule has 3 unspecified atom stereocenters. The van der Waals surface area contributed by atoms with Crippen LogP contribution in [0.4, 0.5) is 5.69 Å². The van der Waals surface area contributed by atoms with Gasteiger partial charge in [-0.2, -0.15) is 0 Å². The van der Waals surface area contributed by atoms with E-state index in [9.17, 15) is 5.11 Å². The van der Waals surface area contributed by atoms with Crippen molar-refractivity contribution in [2.45, 2.75) is 57.7 Å². The SMILES string of the molecule is CNC1CC(C)NC(Nc2cc3c(c(C4=CCNC[C@H](O)C4)c2C)OCC3)N1. The lowest BCUT2D eigenvalue weighted by molar-refractivity contribution is 0.180. The van der Waals surface area contributed by atoms with Crippen molar-refractivity contribution in [3.8, 4) is 5.75 Å². The molecule has 0 aromatic heterocycles. The lowest BCUT2D eigenvalue weighted by Crippen LogP contribution is -2.63. The second-order valence-corrected chi connectivity index (χ2v) is 8.15. The third-order valence-electron chi connectivity index (χ3n) is 5.94. The number of aliphatic hydroxyl groups excluding tert-OH is 1. The first-order valence-corrected chi connectivity index (χ1v) is 10.4. The van der Waals surface area contributed by atoms with Gasteiger partial charge in [0, 0.05) is 48.8 Å². The zero-order valence-corrected chi connectivity index (χ0v) is 17.1. The number of hydrogen-bond acceptors (Lipinski definition) is 7. The number of benzene rings is 1. The van der Waals surface area contributed by atoms with Gasteiger partial charge in [-0.25, -0.2) is 0 Å². The Morgan fingerprint density at radius 3 is 2.96 bits per heavy atom. The first-order valence-electron chi connectivity index (χ1n) is 10.4. The number of ether oxygens (including phenoxy) is 1. The number of fused-ring (bicyclic) bond motifs is 1. The van der Waals surface area contributed by atoms with Gasteiger partial charge in [0.2, 0.25) is 0 Å². The molecule has 4 rings (SSSR count). The molecule has 3 aliphatic heterocycles. The number of nitrogens with one attached hydrogen (secondary N) is 5. The highest BCUT2D eigenvalue weighted by Crippen LogP contribution is 2.42. The van der Waals surface area contributed by atoms with Crippen molar-refractivity contribution in [1.29, 1.82) is 0 Å². The fourth-order valence-electron chi connectivity index (χ4n) is 4.49. The van der Waals surface area contributed by atoms with E-state index in [4.69, 9.17) is 4.74 Å². The lowest BCUT2D eigenvalue weighted by Gasteiger charge is -2.37. The molecule has 0 amide bonds. The van der Waals surface area contributed by atoms with E-state index in [1.54, 1.807) is 0 Å². The van der Waals surface area contributed by atoms with Crippen LogP contribution in [0.3, 0.4) is 0 Å². The molecule has 7 heteroatoms. The van der Waals surface area contributed by atoms with Crippen LogP contribution in [0.15, 0.2) is 12.1 Å². The van der Waals surface area contributed by atoms with Gasteiger partial charge in [0.15, 0.2) is 0 Å². The zero-order chi connectivity index (χ0) is 19.7. The van der Waals surface area contributed by atoms with Crippen molar-refractivity contribution in [1.82, 2.24) is 21.3 Å². The van der Waals surface area contributed by atoms with E-state index in [2.05, 4.69) is 52.6 Å². The molecule has 0 radical (unpaired) electrons. The second kappa shape index (κ2) is 8.39. The van der Waals surface area contributed by atoms with E-state index < -0.39 is 0 Å². The molecule has 28 heavy (non-hydrogen) atoms. The molecule has 0 saturated carbocycles. The molecule has 0 aliphatic carbocycles. The molecule has 1 fully saturated rings. The topological polar surface area (TPSA) is 89.6 Å². The summed E-state index contributed by atoms with van der Waals surface area (Å²) in [6.07, 6.45) is 4.69. The molecule has 4 atom stereocenters. The van der Waals surface area contributed by atoms with Crippen LogP contribution in [0.2, 0.25) is 0 Å². The molecule has 7 nitrogen and oxygen atoms in total. The fourth-order valence-corrected chi connectivity index (χ4v) is 4.49. The minimum atomic E-state index is -0.374. The van der Waals surface area contributed by atoms with E-state index in [0.29, 0.717) is 19.0 Å². The number of aliphatic hydroxyl groups is 1. The highest BCUT2D eigenvalue weighted by Gasteiger charge is 2.28. The van der Waals surface area contributed by atoms with Crippen LogP contribution in [-0.2, 0) is 6.42 Å². The Labute approximate surface area is 167 Å². The molecule has 3 heterocycles. The van der Waals surface area contributed by atoms with Gasteiger partial charge in [0.05, 0.1) is 18.9 Å². The standard InChI is InChI=1S/C21H33N5O2/c1-12-8-18(22-3)26-21(24-12)25-17-10-15-5-7-28-20(15)19(13(17)2)14-4-6-23-11-16(27)9-14/h4,10,12,16,18,21-27H,5-9,11H2,1-3H3/t12?,16-,18?,21?/m1/s1. The normalized spacial score (nSPS) is 30.2. The summed E-state index contributed by atoms with van der Waals surface area (Å²) in [6, 6.07) is 2.64. The Bertz CT molecular complexity index is 751. The van der Waals surface area contributed by atoms with Gasteiger partial charge in [-0.3, -0.25) is 10.6 Å². The van der Waals surface area contributed by atoms with Gasteiger partial charge in [0.1, 0.15) is 12.0 Å². The van der Waals surface area contributed by atoms with E-state index >= 15 is 0 Å². The van der Waals surface area contributed by atoms with Gasteiger partial charge in [-0.15, -0.1) is 0 Å². The van der Waals surface area contributed by atoms with Gasteiger partial charge < -0.3 is 25.8 Å². The summed E-state index contributed by atoms with van der Waals surface area (Å²) in [7, 11) is 1.99. The van der Waals surface area contributed by atoms with Crippen LogP contribution in [0.5, 0.6) is 5.75 Å². The third kappa shape index (κ3) is 4.04. The minimum absolute atomic E-state index is 0.0107. The van der Waals surface area contributed by atoms with Crippen LogP contribution in [0.1, 0.15) is 36.5 Å². The van der Waals surface area contributed by atoms with Gasteiger partial charge in [-0.05, 0) is 44.5 Å². The summed E-state index contributed by atoms with van der Waals surface area (Å²) in [5, 5.41) is 27.7. The van der Waals surface area contributed by atoms with Crippen molar-refractivity contribution in [3.63, 3.8) is 0 Å². The molecule has 6 N–H and O–H groups in total. The second-order valence-electron chi connectivity index (χ2n) is 8.15. The van der Waals surface area contributed by atoms with Gasteiger partial charge in [-0.1, -0.05) is 6.08 Å². The van der Waals surface area contributed by atoms with E-state index in [0.717, 1.165) is 43.0 Å². The fraction of sp³-hybridized carbons (Fsp3) is 0.619. The van der Waals surface area contributed by atoms with Gasteiger partial charge >= 0.3 is 0 Å². The summed E-state index contributed by atoms with van der Waals surface area (Å²) >= 11 is 0. The maximum Gasteiger partial charge on any atom is 0.133 e. The Balaban J connectivity index is 1.66. The van der Waals surface area contributed by atoms with Crippen molar-refractivity contribution >= 4 is 11.3 Å². The van der Waals surface area contributed by atoms with Crippen molar-refractivity contribution < 1.29 is 9.84 Å². The van der Waals surface area contributed by atoms with E-state index in [1.807, 2.05) is 7.05 Å². The van der Waals surface area contributed by atoms with Crippen LogP contribution in [-0.4, -0.2) is 56.5 Å². The van der Waals surface area contributed by atoms with Crippen molar-refractivity contribution in [3.05, 3.63) is 28.8 Å². The largest absolute Gasteiger partial charge is 0.492 e. The molecule has 0 bridgehead atoms. The molecule has 0 spiro atoms. The molecule has 1 saturated heterocycles. The Morgan fingerprint density at radius 2 is 2.14 bits per heavy atom. The summed E-state index contributed by atoms with van der Waals surface area (Å²) in [4.78, 5) is 0. The predicted molar refractivity (Wildman–Crippen MR) is 112 cm³/mol. The number of rotatable bonds is 4. The summed E-state index contributed by atoms with van der Waals surface area (Å²) in [5.41, 5.74) is 5.84. The maximum atomic E-state index is 10.3. The molecule has 1 aromatic carbocycles. The first-order chi connectivity index (χ1) is 13.5.